The van der Waals surface area contributed by atoms with E-state index in [-0.39, 0.29) is 12.8 Å². The van der Waals surface area contributed by atoms with Gasteiger partial charge in [0.1, 0.15) is 18.1 Å². The number of nitrogens with one attached hydrogen (secondary N) is 4. The van der Waals surface area contributed by atoms with Gasteiger partial charge in [0.05, 0.1) is 12.5 Å². The maximum Gasteiger partial charge on any atom is 0.326 e. The monoisotopic (exact) mass is 577 g/mol. The van der Waals surface area contributed by atoms with Crippen LogP contribution >= 0.6 is 0 Å². The van der Waals surface area contributed by atoms with Gasteiger partial charge < -0.3 is 47.1 Å². The molecule has 4 unspecified atom stereocenters. The van der Waals surface area contributed by atoms with Gasteiger partial charge in [-0.3, -0.25) is 28.8 Å². The summed E-state index contributed by atoms with van der Waals surface area (Å²) >= 11 is 0. The van der Waals surface area contributed by atoms with E-state index in [1.54, 1.807) is 30.5 Å². The van der Waals surface area contributed by atoms with Crippen molar-refractivity contribution in [2.45, 2.75) is 62.7 Å². The minimum Gasteiger partial charge on any atom is -0.481 e. The summed E-state index contributed by atoms with van der Waals surface area (Å²) in [7, 11) is 0. The molecular formula is C25H31N5O11. The van der Waals surface area contributed by atoms with E-state index in [4.69, 9.17) is 15.9 Å². The van der Waals surface area contributed by atoms with Crippen molar-refractivity contribution < 1.29 is 54.0 Å². The Balaban J connectivity index is 2.29. The van der Waals surface area contributed by atoms with Crippen LogP contribution in [0.5, 0.6) is 0 Å². The van der Waals surface area contributed by atoms with Gasteiger partial charge in [-0.1, -0.05) is 18.2 Å². The molecule has 0 aliphatic carbocycles. The summed E-state index contributed by atoms with van der Waals surface area (Å²) in [5, 5.41) is 43.6. The number of aromatic nitrogens is 1. The Kier molecular flexibility index (Phi) is 11.8. The van der Waals surface area contributed by atoms with Crippen LogP contribution in [0, 0.1) is 0 Å². The summed E-state index contributed by atoms with van der Waals surface area (Å²) < 4.78 is 0. The highest BCUT2D eigenvalue weighted by molar-refractivity contribution is 5.96. The Bertz CT molecular complexity index is 1310. The third-order valence-electron chi connectivity index (χ3n) is 6.01. The van der Waals surface area contributed by atoms with Gasteiger partial charge >= 0.3 is 23.9 Å². The van der Waals surface area contributed by atoms with E-state index in [1.165, 1.54) is 0 Å². The zero-order chi connectivity index (χ0) is 30.7. The van der Waals surface area contributed by atoms with Crippen LogP contribution in [0.15, 0.2) is 30.5 Å². The number of benzene rings is 1. The zero-order valence-electron chi connectivity index (χ0n) is 21.7. The highest BCUT2D eigenvalue weighted by atomic mass is 16.4. The topological polar surface area (TPSA) is 278 Å². The number of hydrogen-bond acceptors (Lipinski definition) is 8. The van der Waals surface area contributed by atoms with Crippen molar-refractivity contribution in [2.75, 3.05) is 0 Å². The first kappa shape index (κ1) is 32.2. The number of rotatable bonds is 17. The lowest BCUT2D eigenvalue weighted by Gasteiger charge is -2.24. The van der Waals surface area contributed by atoms with E-state index in [0.29, 0.717) is 10.9 Å². The normalized spacial score (nSPS) is 13.8. The summed E-state index contributed by atoms with van der Waals surface area (Å²) in [5.41, 5.74) is 7.06. The molecule has 3 amide bonds. The molecule has 16 heteroatoms. The van der Waals surface area contributed by atoms with Crippen LogP contribution in [-0.4, -0.2) is 91.2 Å². The van der Waals surface area contributed by atoms with Crippen LogP contribution in [0.2, 0.25) is 0 Å². The summed E-state index contributed by atoms with van der Waals surface area (Å²) in [4.78, 5) is 86.4. The summed E-state index contributed by atoms with van der Waals surface area (Å²) in [6.07, 6.45) is -1.28. The van der Waals surface area contributed by atoms with Crippen LogP contribution < -0.4 is 21.7 Å². The summed E-state index contributed by atoms with van der Waals surface area (Å²) in [5.74, 6) is -8.67. The van der Waals surface area contributed by atoms with Gasteiger partial charge in [0, 0.05) is 36.4 Å². The van der Waals surface area contributed by atoms with Crippen molar-refractivity contribution in [1.29, 1.82) is 0 Å². The third kappa shape index (κ3) is 10.2. The van der Waals surface area contributed by atoms with E-state index in [1.807, 2.05) is 5.32 Å². The van der Waals surface area contributed by atoms with Crippen molar-refractivity contribution in [3.63, 3.8) is 0 Å². The van der Waals surface area contributed by atoms with Crippen molar-refractivity contribution in [2.24, 2.45) is 5.73 Å². The Labute approximate surface area is 232 Å². The first-order valence-electron chi connectivity index (χ1n) is 12.4. The standard InChI is InChI=1S/C25H31N5O11/c26-14(5-7-19(31)32)22(37)29-17(9-12-11-27-15-4-2-1-3-13(12)15)23(38)30-18(10-21(35)36)24(39)28-16(25(40)41)6-8-20(33)34/h1-4,11,14,16-18,27H,5-10,26H2,(H,28,39)(H,29,37)(H,30,38)(H,31,32)(H,33,34)(H,35,36)(H,40,41). The molecule has 0 spiro atoms. The number of fused-ring (bicyclic) bond motifs is 1. The third-order valence-corrected chi connectivity index (χ3v) is 6.01. The molecule has 2 aromatic rings. The van der Waals surface area contributed by atoms with Crippen LogP contribution in [0.3, 0.4) is 0 Å². The van der Waals surface area contributed by atoms with E-state index >= 15 is 0 Å². The maximum atomic E-state index is 13.3. The predicted octanol–water partition coefficient (Wildman–Crippen LogP) is -1.22. The molecule has 4 atom stereocenters. The molecule has 10 N–H and O–H groups in total. The average molecular weight is 578 g/mol. The Morgan fingerprint density at radius 3 is 1.90 bits per heavy atom. The Morgan fingerprint density at radius 2 is 1.29 bits per heavy atom. The highest BCUT2D eigenvalue weighted by Crippen LogP contribution is 2.19. The maximum absolute atomic E-state index is 13.3. The molecule has 0 saturated heterocycles. The van der Waals surface area contributed by atoms with Crippen LogP contribution in [0.25, 0.3) is 10.9 Å². The van der Waals surface area contributed by atoms with E-state index in [2.05, 4.69) is 15.6 Å². The lowest BCUT2D eigenvalue weighted by atomic mass is 10.0. The van der Waals surface area contributed by atoms with Gasteiger partial charge in [0.2, 0.25) is 17.7 Å². The van der Waals surface area contributed by atoms with Crippen molar-refractivity contribution in [3.05, 3.63) is 36.0 Å². The minimum atomic E-state index is -1.80. The lowest BCUT2D eigenvalue weighted by molar-refractivity contribution is -0.144. The van der Waals surface area contributed by atoms with E-state index in [0.717, 1.165) is 5.52 Å². The molecule has 41 heavy (non-hydrogen) atoms. The van der Waals surface area contributed by atoms with Gasteiger partial charge in [-0.2, -0.15) is 0 Å². The first-order chi connectivity index (χ1) is 19.3. The molecule has 2 rings (SSSR count). The summed E-state index contributed by atoms with van der Waals surface area (Å²) in [6, 6.07) is 0.843. The summed E-state index contributed by atoms with van der Waals surface area (Å²) in [6.45, 7) is 0. The Morgan fingerprint density at radius 1 is 0.732 bits per heavy atom. The van der Waals surface area contributed by atoms with Crippen LogP contribution in [0.4, 0.5) is 0 Å². The largest absolute Gasteiger partial charge is 0.481 e. The number of carboxylic acids is 4. The molecule has 16 nitrogen and oxygen atoms in total. The molecule has 0 aliphatic heterocycles. The van der Waals surface area contributed by atoms with Gasteiger partial charge in [0.15, 0.2) is 0 Å². The molecule has 222 valence electrons. The number of para-hydroxylation sites is 1. The molecule has 0 fully saturated rings. The molecular weight excluding hydrogens is 546 g/mol. The number of aromatic amines is 1. The molecule has 0 bridgehead atoms. The fraction of sp³-hybridized carbons (Fsp3) is 0.400. The highest BCUT2D eigenvalue weighted by Gasteiger charge is 2.32. The van der Waals surface area contributed by atoms with Crippen molar-refractivity contribution in [1.82, 2.24) is 20.9 Å². The smallest absolute Gasteiger partial charge is 0.326 e. The molecule has 1 aromatic heterocycles. The van der Waals surface area contributed by atoms with Gasteiger partial charge in [-0.15, -0.1) is 0 Å². The second kappa shape index (κ2) is 15.0. The van der Waals surface area contributed by atoms with Crippen molar-refractivity contribution in [3.8, 4) is 0 Å². The number of H-pyrrole nitrogens is 1. The predicted molar refractivity (Wildman–Crippen MR) is 139 cm³/mol. The van der Waals surface area contributed by atoms with E-state index < -0.39 is 91.4 Å². The van der Waals surface area contributed by atoms with Crippen LogP contribution in [-0.2, 0) is 40.0 Å². The fourth-order valence-corrected chi connectivity index (χ4v) is 3.87. The fourth-order valence-electron chi connectivity index (χ4n) is 3.87. The van der Waals surface area contributed by atoms with Gasteiger partial charge in [-0.05, 0) is 24.5 Å². The second-order valence-corrected chi connectivity index (χ2v) is 9.15. The average Bonchev–Trinajstić information content (AvgIpc) is 3.30. The number of carbonyl (C=O) groups is 7. The first-order valence-corrected chi connectivity index (χ1v) is 12.4. The number of carbonyl (C=O) groups excluding carboxylic acids is 3. The van der Waals surface area contributed by atoms with Gasteiger partial charge in [0.25, 0.3) is 0 Å². The van der Waals surface area contributed by atoms with Crippen molar-refractivity contribution >= 4 is 52.5 Å². The quantitative estimate of drug-likeness (QED) is 0.107. The Hall–Kier alpha value is -4.99. The van der Waals surface area contributed by atoms with Crippen LogP contribution in [0.1, 0.15) is 37.7 Å². The number of amides is 3. The SMILES string of the molecule is NC(CCC(=O)O)C(=O)NC(Cc1c[nH]c2ccccc12)C(=O)NC(CC(=O)O)C(=O)NC(CCC(=O)O)C(=O)O. The number of aliphatic carboxylic acids is 4. The molecule has 0 aliphatic rings. The second-order valence-electron chi connectivity index (χ2n) is 9.15. The molecule has 1 heterocycles. The molecule has 0 radical (unpaired) electrons. The molecule has 0 saturated carbocycles. The number of hydrogen-bond donors (Lipinski definition) is 9. The number of nitrogens with two attached hydrogens (primary N) is 1. The minimum absolute atomic E-state index is 0.148. The number of carboxylic acid groups (broad SMARTS) is 4. The van der Waals surface area contributed by atoms with Gasteiger partial charge in [-0.25, -0.2) is 4.79 Å². The van der Waals surface area contributed by atoms with E-state index in [9.17, 15) is 43.8 Å². The lowest BCUT2D eigenvalue weighted by Crippen LogP contribution is -2.58. The molecule has 1 aromatic carbocycles. The zero-order valence-corrected chi connectivity index (χ0v) is 21.7.